The van der Waals surface area contributed by atoms with E-state index in [1.165, 1.54) is 12.8 Å². The monoisotopic (exact) mass is 256 g/mol. The molecule has 6 heteroatoms. The molecule has 0 aromatic rings. The lowest BCUT2D eigenvalue weighted by Gasteiger charge is -2.31. The highest BCUT2D eigenvalue weighted by Crippen LogP contribution is 2.16. The molecule has 0 radical (unpaired) electrons. The van der Waals surface area contributed by atoms with Crippen LogP contribution in [0, 0.1) is 5.92 Å². The van der Waals surface area contributed by atoms with Crippen LogP contribution in [0.1, 0.15) is 26.7 Å². The van der Waals surface area contributed by atoms with E-state index in [1.54, 1.807) is 0 Å². The van der Waals surface area contributed by atoms with E-state index in [9.17, 15) is 9.59 Å². The molecule has 0 aliphatic carbocycles. The van der Waals surface area contributed by atoms with Gasteiger partial charge in [0, 0.05) is 12.6 Å². The first-order chi connectivity index (χ1) is 8.50. The Kier molecular flexibility index (Phi) is 5.91. The molecule has 6 nitrogen and oxygen atoms in total. The van der Waals surface area contributed by atoms with Crippen molar-refractivity contribution in [3.8, 4) is 0 Å². The molecule has 1 saturated heterocycles. The number of hydrogen-bond donors (Lipinski definition) is 3. The molecular formula is C12H24N4O2. The van der Waals surface area contributed by atoms with Gasteiger partial charge < -0.3 is 16.4 Å². The molecular weight excluding hydrogens is 232 g/mol. The van der Waals surface area contributed by atoms with Crippen LogP contribution in [0.2, 0.25) is 0 Å². The zero-order valence-electron chi connectivity index (χ0n) is 11.2. The number of nitrogens with zero attached hydrogens (tertiary/aromatic N) is 1. The average molecular weight is 256 g/mol. The summed E-state index contributed by atoms with van der Waals surface area (Å²) >= 11 is 0. The minimum absolute atomic E-state index is 0.0554. The third kappa shape index (κ3) is 4.91. The Balaban J connectivity index is 2.33. The summed E-state index contributed by atoms with van der Waals surface area (Å²) in [6.07, 6.45) is 2.47. The molecule has 1 aliphatic rings. The van der Waals surface area contributed by atoms with E-state index in [0.29, 0.717) is 18.5 Å². The largest absolute Gasteiger partial charge is 0.353 e. The fraction of sp³-hybridized carbons (Fsp3) is 0.833. The number of likely N-dealkylation sites (tertiary alicyclic amines) is 1. The van der Waals surface area contributed by atoms with E-state index < -0.39 is 6.03 Å². The molecule has 0 unspecified atom stereocenters. The van der Waals surface area contributed by atoms with Crippen molar-refractivity contribution in [2.75, 3.05) is 26.2 Å². The molecule has 18 heavy (non-hydrogen) atoms. The highest BCUT2D eigenvalue weighted by molar-refractivity contribution is 5.83. The fourth-order valence-electron chi connectivity index (χ4n) is 2.31. The summed E-state index contributed by atoms with van der Waals surface area (Å²) in [6.45, 7) is 7.11. The average Bonchev–Trinajstić information content (AvgIpc) is 2.79. The van der Waals surface area contributed by atoms with Crippen LogP contribution >= 0.6 is 0 Å². The fourth-order valence-corrected chi connectivity index (χ4v) is 2.31. The van der Waals surface area contributed by atoms with Crippen molar-refractivity contribution in [3.63, 3.8) is 0 Å². The van der Waals surface area contributed by atoms with Crippen molar-refractivity contribution in [2.45, 2.75) is 32.7 Å². The van der Waals surface area contributed by atoms with Gasteiger partial charge in [-0.05, 0) is 31.8 Å². The summed E-state index contributed by atoms with van der Waals surface area (Å²) in [7, 11) is 0. The third-order valence-electron chi connectivity index (χ3n) is 3.31. The van der Waals surface area contributed by atoms with Crippen molar-refractivity contribution in [1.29, 1.82) is 0 Å². The first-order valence-electron chi connectivity index (χ1n) is 6.54. The highest BCUT2D eigenvalue weighted by atomic mass is 16.2. The van der Waals surface area contributed by atoms with Gasteiger partial charge in [0.2, 0.25) is 5.91 Å². The lowest BCUT2D eigenvalue weighted by Crippen LogP contribution is -2.48. The number of nitrogens with one attached hydrogen (secondary N) is 2. The smallest absolute Gasteiger partial charge is 0.312 e. The predicted molar refractivity (Wildman–Crippen MR) is 70.0 cm³/mol. The van der Waals surface area contributed by atoms with Gasteiger partial charge in [0.15, 0.2) is 0 Å². The van der Waals surface area contributed by atoms with E-state index in [0.717, 1.165) is 13.1 Å². The van der Waals surface area contributed by atoms with Gasteiger partial charge in [-0.1, -0.05) is 13.8 Å². The zero-order valence-corrected chi connectivity index (χ0v) is 11.2. The molecule has 1 rings (SSSR count). The van der Waals surface area contributed by atoms with Gasteiger partial charge in [-0.15, -0.1) is 0 Å². The molecule has 0 aromatic carbocycles. The minimum atomic E-state index is -0.676. The van der Waals surface area contributed by atoms with E-state index in [2.05, 4.69) is 29.4 Å². The normalized spacial score (nSPS) is 17.7. The van der Waals surface area contributed by atoms with Gasteiger partial charge >= 0.3 is 6.03 Å². The first-order valence-corrected chi connectivity index (χ1v) is 6.54. The van der Waals surface area contributed by atoms with E-state index in [1.807, 2.05) is 0 Å². The van der Waals surface area contributed by atoms with Crippen molar-refractivity contribution in [1.82, 2.24) is 15.5 Å². The van der Waals surface area contributed by atoms with Crippen LogP contribution in [0.3, 0.4) is 0 Å². The Morgan fingerprint density at radius 2 is 1.83 bits per heavy atom. The number of urea groups is 1. The summed E-state index contributed by atoms with van der Waals surface area (Å²) in [5.41, 5.74) is 4.91. The number of primary amides is 1. The van der Waals surface area contributed by atoms with Crippen LogP contribution in [0.4, 0.5) is 4.79 Å². The second-order valence-electron chi connectivity index (χ2n) is 5.08. The standard InChI is InChI=1S/C12H24N4O2/c1-9(2)10(16-5-3-4-6-16)7-14-11(17)8-15-12(13)18/h9-10H,3-8H2,1-2H3,(H,14,17)(H3,13,15,18)/t10-/m1/s1. The summed E-state index contributed by atoms with van der Waals surface area (Å²) in [6, 6.07) is -0.310. The van der Waals surface area contributed by atoms with Crippen LogP contribution in [0.5, 0.6) is 0 Å². The molecule has 4 N–H and O–H groups in total. The third-order valence-corrected chi connectivity index (χ3v) is 3.31. The van der Waals surface area contributed by atoms with Crippen molar-refractivity contribution in [3.05, 3.63) is 0 Å². The molecule has 0 spiro atoms. The Morgan fingerprint density at radius 3 is 2.33 bits per heavy atom. The van der Waals surface area contributed by atoms with Crippen LogP contribution in [-0.4, -0.2) is 49.1 Å². The molecule has 0 saturated carbocycles. The van der Waals surface area contributed by atoms with Crippen LogP contribution in [-0.2, 0) is 4.79 Å². The van der Waals surface area contributed by atoms with E-state index in [-0.39, 0.29) is 12.5 Å². The minimum Gasteiger partial charge on any atom is -0.353 e. The summed E-state index contributed by atoms with van der Waals surface area (Å²) in [5.74, 6) is 0.297. The molecule has 1 aliphatic heterocycles. The second kappa shape index (κ2) is 7.20. The van der Waals surface area contributed by atoms with E-state index in [4.69, 9.17) is 5.73 Å². The first kappa shape index (κ1) is 14.8. The molecule has 104 valence electrons. The summed E-state index contributed by atoms with van der Waals surface area (Å²) in [5, 5.41) is 5.13. The van der Waals surface area contributed by atoms with Gasteiger partial charge in [0.05, 0.1) is 6.54 Å². The van der Waals surface area contributed by atoms with E-state index >= 15 is 0 Å². The molecule has 1 heterocycles. The second-order valence-corrected chi connectivity index (χ2v) is 5.08. The van der Waals surface area contributed by atoms with Crippen LogP contribution in [0.25, 0.3) is 0 Å². The van der Waals surface area contributed by atoms with Gasteiger partial charge in [-0.25, -0.2) is 4.79 Å². The van der Waals surface area contributed by atoms with Crippen LogP contribution < -0.4 is 16.4 Å². The number of nitrogens with two attached hydrogens (primary N) is 1. The lowest BCUT2D eigenvalue weighted by molar-refractivity contribution is -0.120. The Morgan fingerprint density at radius 1 is 1.22 bits per heavy atom. The highest BCUT2D eigenvalue weighted by Gasteiger charge is 2.24. The maximum atomic E-state index is 11.5. The molecule has 0 bridgehead atoms. The summed E-state index contributed by atoms with van der Waals surface area (Å²) in [4.78, 5) is 24.4. The number of carbonyl (C=O) groups is 2. The Hall–Kier alpha value is -1.30. The molecule has 3 amide bonds. The quantitative estimate of drug-likeness (QED) is 0.619. The Bertz CT molecular complexity index is 288. The van der Waals surface area contributed by atoms with Crippen LogP contribution in [0.15, 0.2) is 0 Å². The van der Waals surface area contributed by atoms with Gasteiger partial charge in [0.25, 0.3) is 0 Å². The molecule has 1 fully saturated rings. The van der Waals surface area contributed by atoms with Crippen molar-refractivity contribution < 1.29 is 9.59 Å². The van der Waals surface area contributed by atoms with Gasteiger partial charge in [-0.2, -0.15) is 0 Å². The van der Waals surface area contributed by atoms with Crippen molar-refractivity contribution in [2.24, 2.45) is 11.7 Å². The SMILES string of the molecule is CC(C)[C@@H](CNC(=O)CNC(N)=O)N1CCCC1. The molecule has 0 aromatic heterocycles. The molecule has 1 atom stereocenters. The number of hydrogen-bond acceptors (Lipinski definition) is 3. The van der Waals surface area contributed by atoms with Gasteiger partial charge in [0.1, 0.15) is 0 Å². The number of carbonyl (C=O) groups excluding carboxylic acids is 2. The topological polar surface area (TPSA) is 87.5 Å². The predicted octanol–water partition coefficient (Wildman–Crippen LogP) is -0.109. The van der Waals surface area contributed by atoms with Gasteiger partial charge in [-0.3, -0.25) is 9.69 Å². The van der Waals surface area contributed by atoms with Crippen molar-refractivity contribution >= 4 is 11.9 Å². The number of amides is 3. The number of rotatable bonds is 6. The maximum Gasteiger partial charge on any atom is 0.312 e. The lowest BCUT2D eigenvalue weighted by atomic mass is 10.0. The zero-order chi connectivity index (χ0) is 13.5. The maximum absolute atomic E-state index is 11.5. The Labute approximate surface area is 108 Å². The summed E-state index contributed by atoms with van der Waals surface area (Å²) < 4.78 is 0.